The van der Waals surface area contributed by atoms with Gasteiger partial charge in [-0.25, -0.2) is 0 Å². The molecule has 2 N–H and O–H groups in total. The van der Waals surface area contributed by atoms with Gasteiger partial charge in [-0.1, -0.05) is 67.2 Å². The average molecular weight is 535 g/mol. The molecule has 0 radical (unpaired) electrons. The van der Waals surface area contributed by atoms with Gasteiger partial charge in [-0.3, -0.25) is 0 Å². The highest BCUT2D eigenvalue weighted by Gasteiger charge is 2.64. The van der Waals surface area contributed by atoms with Crippen LogP contribution in [0.25, 0.3) is 0 Å². The molecule has 4 aliphatic rings. The van der Waals surface area contributed by atoms with Crippen molar-refractivity contribution in [3.63, 3.8) is 0 Å². The quantitative estimate of drug-likeness (QED) is 0.242. The number of unbranched alkanes of at least 4 members (excludes halogenated alkanes) is 3. The lowest BCUT2D eigenvalue weighted by molar-refractivity contribution is -0.178. The van der Waals surface area contributed by atoms with E-state index in [4.69, 9.17) is 4.43 Å². The van der Waals surface area contributed by atoms with E-state index in [0.717, 1.165) is 38.0 Å². The number of aliphatic hydroxyl groups is 2. The molecule has 0 bridgehead atoms. The van der Waals surface area contributed by atoms with E-state index in [0.29, 0.717) is 29.8 Å². The first kappa shape index (κ1) is 30.1. The molecular formula is C33H62O3Si. The van der Waals surface area contributed by atoms with Gasteiger partial charge in [-0.15, -0.1) is 0 Å². The fourth-order valence-electron chi connectivity index (χ4n) is 10.1. The minimum atomic E-state index is -1.80. The minimum Gasteiger partial charge on any atom is -0.414 e. The summed E-state index contributed by atoms with van der Waals surface area (Å²) in [4.78, 5) is 0. The summed E-state index contributed by atoms with van der Waals surface area (Å²) in [6.45, 7) is 21.2. The Morgan fingerprint density at radius 3 is 2.14 bits per heavy atom. The van der Waals surface area contributed by atoms with Gasteiger partial charge < -0.3 is 14.6 Å². The van der Waals surface area contributed by atoms with Crippen LogP contribution >= 0.6 is 0 Å². The lowest BCUT2D eigenvalue weighted by Crippen LogP contribution is -2.59. The molecule has 37 heavy (non-hydrogen) atoms. The van der Waals surface area contributed by atoms with Crippen LogP contribution in [0.4, 0.5) is 0 Å². The third-order valence-corrected chi connectivity index (χ3v) is 17.7. The summed E-state index contributed by atoms with van der Waals surface area (Å²) in [5, 5.41) is 23.6. The van der Waals surface area contributed by atoms with Crippen LogP contribution in [0.3, 0.4) is 0 Å². The van der Waals surface area contributed by atoms with Crippen LogP contribution in [0.2, 0.25) is 18.1 Å². The zero-order valence-electron chi connectivity index (χ0n) is 26.0. The maximum absolute atomic E-state index is 11.7. The van der Waals surface area contributed by atoms with Crippen LogP contribution in [-0.4, -0.2) is 36.3 Å². The molecule has 0 aliphatic heterocycles. The Balaban J connectivity index is 1.47. The number of hydrogen-bond acceptors (Lipinski definition) is 3. The number of hydrogen-bond donors (Lipinski definition) is 2. The van der Waals surface area contributed by atoms with Crippen molar-refractivity contribution in [2.45, 2.75) is 168 Å². The van der Waals surface area contributed by atoms with E-state index < -0.39 is 13.9 Å². The lowest BCUT2D eigenvalue weighted by atomic mass is 9.43. The largest absolute Gasteiger partial charge is 0.414 e. The van der Waals surface area contributed by atoms with Gasteiger partial charge in [0, 0.05) is 6.10 Å². The Morgan fingerprint density at radius 2 is 1.49 bits per heavy atom. The molecule has 0 spiro atoms. The van der Waals surface area contributed by atoms with Gasteiger partial charge in [0.05, 0.1) is 11.7 Å². The summed E-state index contributed by atoms with van der Waals surface area (Å²) < 4.78 is 6.91. The van der Waals surface area contributed by atoms with E-state index >= 15 is 0 Å². The highest BCUT2D eigenvalue weighted by molar-refractivity contribution is 6.74. The van der Waals surface area contributed by atoms with Crippen LogP contribution in [0, 0.1) is 40.4 Å². The number of rotatable bonds is 8. The Labute approximate surface area is 231 Å². The van der Waals surface area contributed by atoms with Gasteiger partial charge >= 0.3 is 0 Å². The van der Waals surface area contributed by atoms with E-state index in [1.54, 1.807) is 0 Å². The molecule has 0 aromatic rings. The highest BCUT2D eigenvalue weighted by atomic mass is 28.4. The smallest absolute Gasteiger partial charge is 0.192 e. The third kappa shape index (κ3) is 5.41. The third-order valence-electron chi connectivity index (χ3n) is 13.2. The Kier molecular flexibility index (Phi) is 8.53. The zero-order valence-corrected chi connectivity index (χ0v) is 27.0. The fraction of sp³-hybridized carbons (Fsp3) is 1.00. The molecular weight excluding hydrogens is 472 g/mol. The van der Waals surface area contributed by atoms with Crippen LogP contribution in [-0.2, 0) is 4.43 Å². The molecule has 0 aromatic heterocycles. The molecule has 4 rings (SSSR count). The summed E-state index contributed by atoms with van der Waals surface area (Å²) >= 11 is 0. The predicted octanol–water partition coefficient (Wildman–Crippen LogP) is 8.73. The van der Waals surface area contributed by atoms with Crippen molar-refractivity contribution in [1.29, 1.82) is 0 Å². The number of aliphatic hydroxyl groups excluding tert-OH is 1. The molecule has 0 aromatic carbocycles. The SMILES string of the molecule is CCCCCC[C@](C)(O)[C@H]1CC[C@H]2[C@@H]3C[C@H](O)[C@H]4C[C@@H](O[Si](C)(C)C(C)(C)C)CC[C@]4(C)[C@H]3CC[C@@]21C. The maximum atomic E-state index is 11.7. The molecule has 0 saturated heterocycles. The number of fused-ring (bicyclic) bond motifs is 5. The van der Waals surface area contributed by atoms with Gasteiger partial charge in [0.25, 0.3) is 0 Å². The van der Waals surface area contributed by atoms with E-state index in [-0.39, 0.29) is 22.0 Å². The average Bonchev–Trinajstić information content (AvgIpc) is 3.15. The normalized spacial score (nSPS) is 44.0. The standard InChI is InChI=1S/C33H62O3Si/c1-10-11-12-13-18-33(7,35)29-15-14-25-24-22-28(34)27-21-23(36-37(8,9)30(2,3)4)16-19-31(27,5)26(24)17-20-32(25,29)6/h23-29,34-35H,10-22H2,1-9H3/t23-,24-,25-,26-,27+,28-,29-,31+,32-,33-/m0/s1. The van der Waals surface area contributed by atoms with Crippen molar-refractivity contribution in [3.8, 4) is 0 Å². The molecule has 4 aliphatic carbocycles. The van der Waals surface area contributed by atoms with Gasteiger partial charge in [-0.05, 0) is 123 Å². The molecule has 10 atom stereocenters. The van der Waals surface area contributed by atoms with E-state index in [1.807, 2.05) is 0 Å². The van der Waals surface area contributed by atoms with Crippen molar-refractivity contribution in [2.75, 3.05) is 0 Å². The molecule has 4 heteroatoms. The second-order valence-electron chi connectivity index (χ2n) is 16.4. The Bertz CT molecular complexity index is 787. The van der Waals surface area contributed by atoms with E-state index in [1.165, 1.54) is 51.4 Å². The Hall–Kier alpha value is 0.0969. The predicted molar refractivity (Wildman–Crippen MR) is 158 cm³/mol. The van der Waals surface area contributed by atoms with E-state index in [2.05, 4.69) is 61.6 Å². The first-order valence-corrected chi connectivity index (χ1v) is 19.1. The van der Waals surface area contributed by atoms with Gasteiger partial charge in [0.1, 0.15) is 0 Å². The first-order valence-electron chi connectivity index (χ1n) is 16.1. The Morgan fingerprint density at radius 1 is 0.838 bits per heavy atom. The van der Waals surface area contributed by atoms with Gasteiger partial charge in [0.2, 0.25) is 0 Å². The summed E-state index contributed by atoms with van der Waals surface area (Å²) in [7, 11) is -1.80. The van der Waals surface area contributed by atoms with Crippen LogP contribution in [0.5, 0.6) is 0 Å². The molecule has 0 amide bonds. The molecule has 3 nitrogen and oxygen atoms in total. The van der Waals surface area contributed by atoms with Crippen LogP contribution in [0.1, 0.15) is 132 Å². The second kappa shape index (κ2) is 10.5. The lowest BCUT2D eigenvalue weighted by Gasteiger charge is -2.63. The highest BCUT2D eigenvalue weighted by Crippen LogP contribution is 2.69. The second-order valence-corrected chi connectivity index (χ2v) is 21.2. The maximum Gasteiger partial charge on any atom is 0.192 e. The van der Waals surface area contributed by atoms with Crippen molar-refractivity contribution >= 4 is 8.32 Å². The first-order chi connectivity index (χ1) is 17.1. The summed E-state index contributed by atoms with van der Waals surface area (Å²) in [5.74, 6) is 2.78. The monoisotopic (exact) mass is 534 g/mol. The molecule has 4 saturated carbocycles. The van der Waals surface area contributed by atoms with Crippen LogP contribution < -0.4 is 0 Å². The van der Waals surface area contributed by atoms with Gasteiger partial charge in [0.15, 0.2) is 8.32 Å². The van der Waals surface area contributed by atoms with Gasteiger partial charge in [-0.2, -0.15) is 0 Å². The van der Waals surface area contributed by atoms with Crippen LogP contribution in [0.15, 0.2) is 0 Å². The minimum absolute atomic E-state index is 0.201. The molecule has 0 unspecified atom stereocenters. The van der Waals surface area contributed by atoms with E-state index in [9.17, 15) is 10.2 Å². The molecule has 216 valence electrons. The zero-order chi connectivity index (χ0) is 27.4. The fourth-order valence-corrected chi connectivity index (χ4v) is 11.5. The van der Waals surface area contributed by atoms with Crippen molar-refractivity contribution < 1.29 is 14.6 Å². The summed E-state index contributed by atoms with van der Waals surface area (Å²) in [5.41, 5.74) is -0.0956. The summed E-state index contributed by atoms with van der Waals surface area (Å²) in [6.07, 6.45) is 15.3. The molecule has 4 fully saturated rings. The topological polar surface area (TPSA) is 49.7 Å². The molecule has 0 heterocycles. The van der Waals surface area contributed by atoms with Crippen molar-refractivity contribution in [3.05, 3.63) is 0 Å². The van der Waals surface area contributed by atoms with Crippen molar-refractivity contribution in [2.24, 2.45) is 40.4 Å². The van der Waals surface area contributed by atoms with Crippen molar-refractivity contribution in [1.82, 2.24) is 0 Å². The summed E-state index contributed by atoms with van der Waals surface area (Å²) in [6, 6.07) is 0.